The predicted molar refractivity (Wildman–Crippen MR) is 414 cm³/mol. The lowest BCUT2D eigenvalue weighted by Gasteiger charge is -2.31. The smallest absolute Gasteiger partial charge is 0.261 e. The van der Waals surface area contributed by atoms with E-state index in [1.165, 1.54) is 40.8 Å². The van der Waals surface area contributed by atoms with Crippen molar-refractivity contribution in [3.8, 4) is 22.5 Å². The zero-order valence-corrected chi connectivity index (χ0v) is 64.3. The summed E-state index contributed by atoms with van der Waals surface area (Å²) in [4.78, 5) is 86.7. The second-order valence-electron chi connectivity index (χ2n) is 25.3. The number of allylic oxidation sites excluding steroid dienone is 1. The molecular weight excluding hydrogens is 1580 g/mol. The summed E-state index contributed by atoms with van der Waals surface area (Å²) < 4.78 is 52.4. The van der Waals surface area contributed by atoms with E-state index in [1.807, 2.05) is 48.0 Å². The zero-order chi connectivity index (χ0) is 75.5. The normalized spacial score (nSPS) is 15.7. The lowest BCUT2D eigenvalue weighted by Crippen LogP contribution is -2.44. The number of amides is 3. The van der Waals surface area contributed by atoms with Crippen LogP contribution in [0.3, 0.4) is 0 Å². The van der Waals surface area contributed by atoms with Crippen LogP contribution in [0.1, 0.15) is 47.0 Å². The molecule has 0 bridgehead atoms. The number of aliphatic imine (C=N–C) groups is 1. The van der Waals surface area contributed by atoms with Gasteiger partial charge in [-0.3, -0.25) is 43.1 Å². The topological polar surface area (TPSA) is 330 Å². The number of alkyl halides is 3. The van der Waals surface area contributed by atoms with E-state index in [1.54, 1.807) is 136 Å². The van der Waals surface area contributed by atoms with Gasteiger partial charge in [0, 0.05) is 111 Å². The van der Waals surface area contributed by atoms with Crippen molar-refractivity contribution in [1.29, 1.82) is 0 Å². The summed E-state index contributed by atoms with van der Waals surface area (Å²) in [6, 6.07) is 15.5. The molecule has 8 aromatic heterocycles. The van der Waals surface area contributed by atoms with E-state index in [4.69, 9.17) is 78.0 Å². The minimum atomic E-state index is -1.01. The number of nitrogens with one attached hydrogen (secondary N) is 1. The number of fused-ring (bicyclic) bond motifs is 3. The third kappa shape index (κ3) is 21.8. The molecule has 3 saturated heterocycles. The van der Waals surface area contributed by atoms with Crippen LogP contribution in [-0.2, 0) is 48.1 Å². The Bertz CT molecular complexity index is 4960. The number of likely N-dealkylation sites (tertiary alicyclic amines) is 3. The molecule has 3 amide bonds. The summed E-state index contributed by atoms with van der Waals surface area (Å²) in [5, 5.41) is 29.9. The number of nitrogens with zero attached hydrogens (tertiary/aromatic N) is 13. The number of aliphatic hydroxyl groups is 2. The van der Waals surface area contributed by atoms with Crippen molar-refractivity contribution in [1.82, 2.24) is 62.1 Å². The molecule has 3 atom stereocenters. The molecule has 10 aromatic rings. The molecular formula is C69H78B2Br2Cl4F3N15O10. The van der Waals surface area contributed by atoms with E-state index in [9.17, 15) is 41.9 Å². The standard InChI is InChI=1S/C23H20Cl2FN5O2.C17H17BrFN5O2.C13H13BrFN3O2.C6H3BCl2.C6H14O2.C4H7BN2.2H2O/c1-28-11-16(9-27-28)31-12-17(14-2-3-18(24)19(25)8-14)22-20(31)5-7-30(23(22)33)13-21(32)29-6-4-15(26)10-29;1-21-8-12(6-20-21)24-9-13(18)16-14(24)3-5-23(17(16)26)10-15(25)22-4-2-11(19)7-22;14-9-5-16-10-2-4-18(13(20)12(9)10)7-11(19)17-3-1-8(15)6-17;7-4-1-2-5(8)6(9)3-4;1-5(2,7)6(3,4)8;1-7-3-4(5)2-6;;/h2-3,5,7-9,11-12,15H,4,6,10,13H2,1H3;3,5-6,8-9,11H,2,4,7,10H2,1H3;2,4-5,8,16H,1,3,6-7H2;1-3H;7-8H,1-4H3;2-3H,6H2,1H3;2*1H2. The number of aryl methyl sites for hydroxylation is 2. The minimum absolute atomic E-state index is 0. The van der Waals surface area contributed by atoms with Crippen LogP contribution in [0.2, 0.25) is 20.1 Å². The second kappa shape index (κ2) is 37.4. The molecule has 9 N–H and O–H groups in total. The third-order valence-corrected chi connectivity index (χ3v) is 19.7. The van der Waals surface area contributed by atoms with E-state index in [0.717, 1.165) is 28.0 Å². The highest BCUT2D eigenvalue weighted by molar-refractivity contribution is 9.11. The highest BCUT2D eigenvalue weighted by Gasteiger charge is 2.33. The molecule has 0 aliphatic carbocycles. The molecule has 105 heavy (non-hydrogen) atoms. The van der Waals surface area contributed by atoms with Crippen LogP contribution in [0.25, 0.3) is 55.2 Å². The number of halogens is 9. The monoisotopic (exact) mass is 1650 g/mol. The number of aromatic amines is 1. The van der Waals surface area contributed by atoms with Crippen LogP contribution >= 0.6 is 78.3 Å². The Morgan fingerprint density at radius 3 is 1.43 bits per heavy atom. The van der Waals surface area contributed by atoms with Crippen LogP contribution in [-0.4, -0.2) is 199 Å². The van der Waals surface area contributed by atoms with Gasteiger partial charge in [-0.1, -0.05) is 69.5 Å². The maximum Gasteiger partial charge on any atom is 0.261 e. The van der Waals surface area contributed by atoms with Gasteiger partial charge in [-0.15, -0.1) is 0 Å². The number of carbonyl (C=O) groups excluding carboxylic acids is 3. The SMILES string of the molecule is CC(C)(O)C(C)(C)O.Cn1cc(-n2cc(-c3ccc(Cl)c(Cl)c3)c3c(=O)n(CC(=O)N4CCC(F)C4)ccc32)cn1.Cn1cc(-n2cc(Br)c3c(=O)n(CC(=O)N4CCC(F)C4)ccc32)cn1.O.O.O=C(Cn1ccc2[nH]cc(Br)c2c1=O)N1CCC(F)C1.[B]C(C=NC)=CN.[B]c1ccc(Cl)c(Cl)c1. The molecule has 13 rings (SSSR count). The molecule has 3 aliphatic rings. The minimum Gasteiger partial charge on any atom is -0.412 e. The van der Waals surface area contributed by atoms with Gasteiger partial charge in [0.05, 0.1) is 107 Å². The van der Waals surface area contributed by atoms with E-state index in [0.29, 0.717) is 106 Å². The Labute approximate surface area is 640 Å². The highest BCUT2D eigenvalue weighted by atomic mass is 79.9. The fraction of sp³-hybridized carbons (Fsp3) is 0.348. The summed E-state index contributed by atoms with van der Waals surface area (Å²) in [6.45, 7) is 7.50. The van der Waals surface area contributed by atoms with Crippen LogP contribution in [0, 0.1) is 0 Å². The van der Waals surface area contributed by atoms with Gasteiger partial charge in [-0.25, -0.2) is 13.2 Å². The van der Waals surface area contributed by atoms with Gasteiger partial charge in [0.2, 0.25) is 17.7 Å². The summed E-state index contributed by atoms with van der Waals surface area (Å²) in [5.41, 5.74) is 8.38. The number of hydrogen-bond donors (Lipinski definition) is 4. The first-order valence-electron chi connectivity index (χ1n) is 32.0. The summed E-state index contributed by atoms with van der Waals surface area (Å²) >= 11 is 30.3. The van der Waals surface area contributed by atoms with Gasteiger partial charge in [-0.2, -0.15) is 10.2 Å². The number of pyridine rings is 3. The lowest BCUT2D eigenvalue weighted by atomic mass is 9.90. The summed E-state index contributed by atoms with van der Waals surface area (Å²) in [7, 11) is 15.8. The molecule has 36 heteroatoms. The number of benzene rings is 2. The average Bonchev–Trinajstić information content (AvgIpc) is 1.61. The number of nitrogens with two attached hydrogens (primary N) is 1. The number of H-pyrrole nitrogens is 1. The number of rotatable bonds is 11. The van der Waals surface area contributed by atoms with Gasteiger partial charge in [-0.05, 0) is 133 Å². The molecule has 558 valence electrons. The number of hydrogen-bond acceptors (Lipinski definition) is 12. The lowest BCUT2D eigenvalue weighted by molar-refractivity contribution is -0.131. The van der Waals surface area contributed by atoms with E-state index in [-0.39, 0.29) is 84.6 Å². The molecule has 0 saturated carbocycles. The first kappa shape index (κ1) is 85.8. The third-order valence-electron chi connectivity index (χ3n) is 17.0. The van der Waals surface area contributed by atoms with E-state index in [2.05, 4.69) is 52.0 Å². The maximum atomic E-state index is 13.6. The predicted octanol–water partition coefficient (Wildman–Crippen LogP) is 7.91. The van der Waals surface area contributed by atoms with Crippen molar-refractivity contribution in [3.05, 3.63) is 188 Å². The van der Waals surface area contributed by atoms with Crippen LogP contribution in [0.4, 0.5) is 13.2 Å². The van der Waals surface area contributed by atoms with Crippen molar-refractivity contribution in [2.75, 3.05) is 46.3 Å². The summed E-state index contributed by atoms with van der Waals surface area (Å²) in [6.07, 6.45) is 18.1. The molecule has 3 aliphatic heterocycles. The van der Waals surface area contributed by atoms with Crippen molar-refractivity contribution >= 4 is 156 Å². The number of carbonyl (C=O) groups is 3. The molecule has 3 unspecified atom stereocenters. The van der Waals surface area contributed by atoms with E-state index < -0.39 is 29.7 Å². The highest BCUT2D eigenvalue weighted by Crippen LogP contribution is 2.35. The molecule has 3 fully saturated rings. The van der Waals surface area contributed by atoms with Crippen molar-refractivity contribution in [3.63, 3.8) is 0 Å². The largest absolute Gasteiger partial charge is 0.412 e. The zero-order valence-electron chi connectivity index (χ0n) is 58.1. The average molecular weight is 1660 g/mol. The molecule has 25 nitrogen and oxygen atoms in total. The van der Waals surface area contributed by atoms with Crippen LogP contribution < -0.4 is 27.9 Å². The van der Waals surface area contributed by atoms with Gasteiger partial charge >= 0.3 is 0 Å². The molecule has 11 heterocycles. The number of aromatic nitrogens is 10. The van der Waals surface area contributed by atoms with Crippen molar-refractivity contribution in [2.45, 2.75) is 96.3 Å². The van der Waals surface area contributed by atoms with Gasteiger partial charge in [0.1, 0.15) is 53.8 Å². The Morgan fingerprint density at radius 1 is 0.629 bits per heavy atom. The first-order valence-corrected chi connectivity index (χ1v) is 35.1. The quantitative estimate of drug-likeness (QED) is 0.0712. The Balaban J connectivity index is 0.000000215. The fourth-order valence-electron chi connectivity index (χ4n) is 10.7. The first-order chi connectivity index (χ1) is 48.6. The van der Waals surface area contributed by atoms with Gasteiger partial charge in [0.25, 0.3) is 16.7 Å². The molecule has 0 spiro atoms. The van der Waals surface area contributed by atoms with Crippen LogP contribution in [0.15, 0.2) is 157 Å². The summed E-state index contributed by atoms with van der Waals surface area (Å²) in [5.74, 6) is -0.743. The molecule has 4 radical (unpaired) electrons. The Kier molecular flexibility index (Phi) is 30.5. The van der Waals surface area contributed by atoms with E-state index >= 15 is 0 Å². The maximum absolute atomic E-state index is 13.6. The van der Waals surface area contributed by atoms with Crippen molar-refractivity contribution in [2.24, 2.45) is 24.8 Å². The van der Waals surface area contributed by atoms with Gasteiger partial charge < -0.3 is 69.4 Å². The molecule has 2 aromatic carbocycles. The Morgan fingerprint density at radius 2 is 1.05 bits per heavy atom. The second-order valence-corrected chi connectivity index (χ2v) is 28.7. The van der Waals surface area contributed by atoms with Crippen LogP contribution in [0.5, 0.6) is 0 Å². The van der Waals surface area contributed by atoms with Crippen molar-refractivity contribution < 1.29 is 48.7 Å². The Hall–Kier alpha value is -8.17. The fourth-order valence-corrected chi connectivity index (χ4v) is 12.4. The van der Waals surface area contributed by atoms with Gasteiger partial charge in [0.15, 0.2) is 0 Å².